The molecule has 1 aliphatic rings. The van der Waals surface area contributed by atoms with Gasteiger partial charge in [-0.1, -0.05) is 18.2 Å². The van der Waals surface area contributed by atoms with Gasteiger partial charge in [-0.2, -0.15) is 0 Å². The molecule has 0 radical (unpaired) electrons. The van der Waals surface area contributed by atoms with Gasteiger partial charge in [-0.3, -0.25) is 9.59 Å². The van der Waals surface area contributed by atoms with E-state index in [9.17, 15) is 9.59 Å². The summed E-state index contributed by atoms with van der Waals surface area (Å²) in [6, 6.07) is 8.40. The molecule has 2 aromatic rings. The van der Waals surface area contributed by atoms with Crippen LogP contribution in [0, 0.1) is 0 Å². The van der Waals surface area contributed by atoms with Crippen molar-refractivity contribution in [3.8, 4) is 0 Å². The normalized spacial score (nSPS) is 20.9. The van der Waals surface area contributed by atoms with Crippen molar-refractivity contribution in [3.05, 3.63) is 36.0 Å². The number of aromatic nitrogens is 1. The average molecular weight is 341 g/mol. The van der Waals surface area contributed by atoms with Crippen LogP contribution < -0.4 is 0 Å². The van der Waals surface area contributed by atoms with Crippen LogP contribution >= 0.6 is 0 Å². The zero-order chi connectivity index (χ0) is 18.0. The van der Waals surface area contributed by atoms with E-state index in [1.165, 1.54) is 10.9 Å². The minimum atomic E-state index is 0.0678. The second-order valence-corrected chi connectivity index (χ2v) is 6.99. The molecule has 0 aliphatic carbocycles. The van der Waals surface area contributed by atoms with Gasteiger partial charge in [0.2, 0.25) is 11.8 Å². The van der Waals surface area contributed by atoms with E-state index in [-0.39, 0.29) is 23.9 Å². The Labute approximate surface area is 149 Å². The molecule has 0 bridgehead atoms. The first-order chi connectivity index (χ1) is 12.0. The maximum Gasteiger partial charge on any atom is 0.222 e. The van der Waals surface area contributed by atoms with Crippen molar-refractivity contribution in [1.29, 1.82) is 0 Å². The zero-order valence-corrected chi connectivity index (χ0v) is 15.3. The number of rotatable bonds is 4. The lowest BCUT2D eigenvalue weighted by Crippen LogP contribution is -2.59. The molecule has 0 spiro atoms. The van der Waals surface area contributed by atoms with Crippen molar-refractivity contribution in [3.63, 3.8) is 0 Å². The predicted octanol–water partition coefficient (Wildman–Crippen LogP) is 2.96. The Morgan fingerprint density at radius 3 is 2.56 bits per heavy atom. The van der Waals surface area contributed by atoms with Gasteiger partial charge in [0.25, 0.3) is 0 Å². The Kier molecular flexibility index (Phi) is 5.11. The van der Waals surface area contributed by atoms with Crippen molar-refractivity contribution in [2.45, 2.75) is 52.1 Å². The van der Waals surface area contributed by atoms with Gasteiger partial charge >= 0.3 is 0 Å². The molecular formula is C20H27N3O2. The number of hydrogen-bond donors (Lipinski definition) is 1. The highest BCUT2D eigenvalue weighted by molar-refractivity contribution is 5.83. The lowest BCUT2D eigenvalue weighted by molar-refractivity contribution is -0.145. The molecule has 2 unspecified atom stereocenters. The Hall–Kier alpha value is -2.30. The van der Waals surface area contributed by atoms with Crippen LogP contribution in [0.2, 0.25) is 0 Å². The van der Waals surface area contributed by atoms with Crippen LogP contribution in [-0.4, -0.2) is 51.8 Å². The number of aryl methyl sites for hydroxylation is 1. The first-order valence-corrected chi connectivity index (χ1v) is 9.10. The van der Waals surface area contributed by atoms with Crippen LogP contribution in [0.3, 0.4) is 0 Å². The number of carbonyl (C=O) groups excluding carboxylic acids is 2. The summed E-state index contributed by atoms with van der Waals surface area (Å²) >= 11 is 0. The number of carbonyl (C=O) groups is 2. The predicted molar refractivity (Wildman–Crippen MR) is 99.3 cm³/mol. The van der Waals surface area contributed by atoms with E-state index < -0.39 is 0 Å². The number of nitrogens with one attached hydrogen (secondary N) is 1. The fourth-order valence-electron chi connectivity index (χ4n) is 3.85. The summed E-state index contributed by atoms with van der Waals surface area (Å²) in [7, 11) is 0. The third-order valence-electron chi connectivity index (χ3n) is 5.50. The number of benzene rings is 1. The third-order valence-corrected chi connectivity index (χ3v) is 5.50. The standard InChI is InChI=1S/C20H27N3O2/c1-14-15(2)23(12-11-22(14)16(3)24)20(25)10-6-7-17-13-21-19-9-5-4-8-18(17)19/h4-5,8-9,13-15,21H,6-7,10-12H2,1-3H3. The van der Waals surface area contributed by atoms with Crippen molar-refractivity contribution in [1.82, 2.24) is 14.8 Å². The number of piperazine rings is 1. The molecule has 2 atom stereocenters. The molecule has 5 heteroatoms. The van der Waals surface area contributed by atoms with E-state index in [4.69, 9.17) is 0 Å². The molecule has 3 rings (SSSR count). The number of amides is 2. The largest absolute Gasteiger partial charge is 0.361 e. The van der Waals surface area contributed by atoms with Gasteiger partial charge in [0.15, 0.2) is 0 Å². The van der Waals surface area contributed by atoms with Crippen LogP contribution in [0.1, 0.15) is 39.2 Å². The second-order valence-electron chi connectivity index (χ2n) is 6.99. The summed E-state index contributed by atoms with van der Waals surface area (Å²) < 4.78 is 0. The van der Waals surface area contributed by atoms with Gasteiger partial charge in [0.1, 0.15) is 0 Å². The molecule has 1 N–H and O–H groups in total. The molecule has 1 aliphatic heterocycles. The monoisotopic (exact) mass is 341 g/mol. The molecule has 134 valence electrons. The number of para-hydroxylation sites is 1. The Morgan fingerprint density at radius 2 is 1.80 bits per heavy atom. The van der Waals surface area contributed by atoms with Crippen LogP contribution in [0.4, 0.5) is 0 Å². The quantitative estimate of drug-likeness (QED) is 0.929. The van der Waals surface area contributed by atoms with E-state index in [2.05, 4.69) is 17.1 Å². The van der Waals surface area contributed by atoms with Gasteiger partial charge in [0, 0.05) is 55.6 Å². The molecule has 1 fully saturated rings. The maximum atomic E-state index is 12.6. The zero-order valence-electron chi connectivity index (χ0n) is 15.3. The lowest BCUT2D eigenvalue weighted by Gasteiger charge is -2.44. The van der Waals surface area contributed by atoms with E-state index in [0.717, 1.165) is 18.4 Å². The number of nitrogens with zero attached hydrogens (tertiary/aromatic N) is 2. The number of aromatic amines is 1. The summed E-state index contributed by atoms with van der Waals surface area (Å²) in [6.07, 6.45) is 4.34. The summed E-state index contributed by atoms with van der Waals surface area (Å²) in [5.41, 5.74) is 2.41. The first-order valence-electron chi connectivity index (χ1n) is 9.10. The van der Waals surface area contributed by atoms with Gasteiger partial charge < -0.3 is 14.8 Å². The van der Waals surface area contributed by atoms with E-state index in [0.29, 0.717) is 19.5 Å². The lowest BCUT2D eigenvalue weighted by atomic mass is 10.0. The fraction of sp³-hybridized carbons (Fsp3) is 0.500. The van der Waals surface area contributed by atoms with Crippen molar-refractivity contribution < 1.29 is 9.59 Å². The molecule has 5 nitrogen and oxygen atoms in total. The number of hydrogen-bond acceptors (Lipinski definition) is 2. The smallest absolute Gasteiger partial charge is 0.222 e. The number of fused-ring (bicyclic) bond motifs is 1. The molecule has 1 aromatic heterocycles. The van der Waals surface area contributed by atoms with Gasteiger partial charge in [-0.05, 0) is 38.3 Å². The molecule has 0 saturated carbocycles. The topological polar surface area (TPSA) is 56.4 Å². The summed E-state index contributed by atoms with van der Waals surface area (Å²) in [5, 5.41) is 1.24. The highest BCUT2D eigenvalue weighted by Gasteiger charge is 2.34. The average Bonchev–Trinajstić information content (AvgIpc) is 3.00. The molecule has 2 amide bonds. The van der Waals surface area contributed by atoms with Crippen LogP contribution in [0.5, 0.6) is 0 Å². The fourth-order valence-corrected chi connectivity index (χ4v) is 3.85. The highest BCUT2D eigenvalue weighted by atomic mass is 16.2. The maximum absolute atomic E-state index is 12.6. The first kappa shape index (κ1) is 17.5. The molecule has 25 heavy (non-hydrogen) atoms. The van der Waals surface area contributed by atoms with Crippen molar-refractivity contribution in [2.24, 2.45) is 0 Å². The molecule has 1 saturated heterocycles. The van der Waals surface area contributed by atoms with E-state index >= 15 is 0 Å². The Bertz CT molecular complexity index is 767. The van der Waals surface area contributed by atoms with Crippen LogP contribution in [0.15, 0.2) is 30.5 Å². The molecular weight excluding hydrogens is 314 g/mol. The highest BCUT2D eigenvalue weighted by Crippen LogP contribution is 2.21. The summed E-state index contributed by atoms with van der Waals surface area (Å²) in [6.45, 7) is 6.93. The van der Waals surface area contributed by atoms with Crippen molar-refractivity contribution in [2.75, 3.05) is 13.1 Å². The SMILES string of the molecule is CC(=O)N1CCN(C(=O)CCCc2c[nH]c3ccccc23)C(C)C1C. The van der Waals surface area contributed by atoms with Gasteiger partial charge in [-0.25, -0.2) is 0 Å². The summed E-state index contributed by atoms with van der Waals surface area (Å²) in [5.74, 6) is 0.285. The number of H-pyrrole nitrogens is 1. The van der Waals surface area contributed by atoms with Crippen LogP contribution in [-0.2, 0) is 16.0 Å². The second kappa shape index (κ2) is 7.30. The van der Waals surface area contributed by atoms with Gasteiger partial charge in [0.05, 0.1) is 0 Å². The Morgan fingerprint density at radius 1 is 1.12 bits per heavy atom. The van der Waals surface area contributed by atoms with Crippen LogP contribution in [0.25, 0.3) is 10.9 Å². The summed E-state index contributed by atoms with van der Waals surface area (Å²) in [4.78, 5) is 31.4. The third kappa shape index (κ3) is 3.55. The van der Waals surface area contributed by atoms with E-state index in [1.807, 2.05) is 42.0 Å². The van der Waals surface area contributed by atoms with Crippen molar-refractivity contribution >= 4 is 22.7 Å². The van der Waals surface area contributed by atoms with Gasteiger partial charge in [-0.15, -0.1) is 0 Å². The Balaban J connectivity index is 1.55. The minimum absolute atomic E-state index is 0.0678. The molecule has 1 aromatic carbocycles. The minimum Gasteiger partial charge on any atom is -0.361 e. The molecule has 2 heterocycles. The van der Waals surface area contributed by atoms with E-state index in [1.54, 1.807) is 6.92 Å².